The minimum absolute atomic E-state index is 0.142. The van der Waals surface area contributed by atoms with Gasteiger partial charge in [0.05, 0.1) is 30.0 Å². The summed E-state index contributed by atoms with van der Waals surface area (Å²) in [6.45, 7) is -0.142. The molecule has 0 spiro atoms. The van der Waals surface area contributed by atoms with Crippen LogP contribution in [0, 0.1) is 0 Å². The van der Waals surface area contributed by atoms with Gasteiger partial charge in [0.2, 0.25) is 0 Å². The van der Waals surface area contributed by atoms with Crippen LogP contribution in [0.3, 0.4) is 0 Å². The van der Waals surface area contributed by atoms with E-state index in [2.05, 4.69) is 4.99 Å². The van der Waals surface area contributed by atoms with E-state index in [4.69, 9.17) is 14.2 Å². The van der Waals surface area contributed by atoms with Crippen LogP contribution in [0.2, 0.25) is 0 Å². The van der Waals surface area contributed by atoms with Gasteiger partial charge in [-0.2, -0.15) is 4.99 Å². The number of rotatable bonds is 6. The van der Waals surface area contributed by atoms with Gasteiger partial charge >= 0.3 is 11.9 Å². The molecule has 0 bridgehead atoms. The summed E-state index contributed by atoms with van der Waals surface area (Å²) in [5.74, 6) is -0.347. The monoisotopic (exact) mass is 476 g/mol. The smallest absolute Gasteiger partial charge is 0.337 e. The summed E-state index contributed by atoms with van der Waals surface area (Å²) in [6.07, 6.45) is 0. The molecular weight excluding hydrogens is 456 g/mol. The van der Waals surface area contributed by atoms with Crippen molar-refractivity contribution in [2.75, 3.05) is 14.2 Å². The van der Waals surface area contributed by atoms with Crippen LogP contribution in [-0.4, -0.2) is 36.6 Å². The zero-order valence-corrected chi connectivity index (χ0v) is 19.2. The Labute approximate surface area is 198 Å². The van der Waals surface area contributed by atoms with Crippen LogP contribution in [0.25, 0.3) is 10.2 Å². The van der Waals surface area contributed by atoms with Gasteiger partial charge in [0, 0.05) is 5.56 Å². The van der Waals surface area contributed by atoms with E-state index in [1.165, 1.54) is 25.6 Å². The molecule has 9 heteroatoms. The van der Waals surface area contributed by atoms with Crippen LogP contribution >= 0.6 is 11.3 Å². The fraction of sp³-hybridized carbons (Fsp3) is 0.120. The number of benzene rings is 3. The van der Waals surface area contributed by atoms with Gasteiger partial charge in [-0.25, -0.2) is 4.79 Å². The Morgan fingerprint density at radius 3 is 2.35 bits per heavy atom. The van der Waals surface area contributed by atoms with E-state index in [9.17, 15) is 14.4 Å². The van der Waals surface area contributed by atoms with Crippen molar-refractivity contribution in [3.8, 4) is 11.5 Å². The molecule has 0 atom stereocenters. The highest BCUT2D eigenvalue weighted by atomic mass is 32.1. The molecule has 4 rings (SSSR count). The topological polar surface area (TPSA) is 96.2 Å². The number of thiazole rings is 1. The third kappa shape index (κ3) is 5.05. The highest BCUT2D eigenvalue weighted by Gasteiger charge is 2.15. The van der Waals surface area contributed by atoms with Crippen LogP contribution in [0.5, 0.6) is 11.5 Å². The SMILES string of the molecule is COC(=O)Cn1c(=NC(=O)c2cccc(Oc3ccccc3)c2)sc2cc(C(=O)OC)ccc21. The van der Waals surface area contributed by atoms with Gasteiger partial charge in [-0.05, 0) is 48.5 Å². The van der Waals surface area contributed by atoms with Gasteiger partial charge in [-0.1, -0.05) is 35.6 Å². The number of hydrogen-bond donors (Lipinski definition) is 0. The molecule has 0 saturated heterocycles. The van der Waals surface area contributed by atoms with Crippen molar-refractivity contribution in [3.63, 3.8) is 0 Å². The fourth-order valence-corrected chi connectivity index (χ4v) is 4.29. The van der Waals surface area contributed by atoms with Crippen molar-refractivity contribution in [2.45, 2.75) is 6.54 Å². The average molecular weight is 477 g/mol. The molecule has 0 unspecified atom stereocenters. The molecule has 0 aliphatic rings. The fourth-order valence-electron chi connectivity index (χ4n) is 3.22. The lowest BCUT2D eigenvalue weighted by atomic mass is 10.2. The molecule has 0 aliphatic heterocycles. The minimum atomic E-state index is -0.503. The van der Waals surface area contributed by atoms with Crippen molar-refractivity contribution in [1.29, 1.82) is 0 Å². The number of para-hydroxylation sites is 1. The van der Waals surface area contributed by atoms with Crippen LogP contribution < -0.4 is 9.54 Å². The second kappa shape index (κ2) is 10.1. The molecule has 1 amide bonds. The third-order valence-electron chi connectivity index (χ3n) is 4.88. The van der Waals surface area contributed by atoms with Crippen molar-refractivity contribution < 1.29 is 28.6 Å². The third-order valence-corrected chi connectivity index (χ3v) is 5.92. The lowest BCUT2D eigenvalue weighted by Gasteiger charge is -2.06. The first kappa shape index (κ1) is 22.9. The number of methoxy groups -OCH3 is 2. The highest BCUT2D eigenvalue weighted by Crippen LogP contribution is 2.23. The first-order valence-corrected chi connectivity index (χ1v) is 11.0. The van der Waals surface area contributed by atoms with Crippen molar-refractivity contribution >= 4 is 39.4 Å². The summed E-state index contributed by atoms with van der Waals surface area (Å²) in [5, 5.41) is 0. The number of fused-ring (bicyclic) bond motifs is 1. The number of carbonyl (C=O) groups is 3. The minimum Gasteiger partial charge on any atom is -0.468 e. The van der Waals surface area contributed by atoms with E-state index in [0.717, 1.165) is 0 Å². The Morgan fingerprint density at radius 1 is 0.853 bits per heavy atom. The molecular formula is C25H20N2O6S. The van der Waals surface area contributed by atoms with Gasteiger partial charge in [0.15, 0.2) is 4.80 Å². The predicted octanol–water partition coefficient (Wildman–Crippen LogP) is 4.20. The second-order valence-electron chi connectivity index (χ2n) is 7.08. The summed E-state index contributed by atoms with van der Waals surface area (Å²) in [4.78, 5) is 41.5. The van der Waals surface area contributed by atoms with Crippen LogP contribution in [0.4, 0.5) is 0 Å². The molecule has 1 heterocycles. The largest absolute Gasteiger partial charge is 0.468 e. The predicted molar refractivity (Wildman–Crippen MR) is 126 cm³/mol. The molecule has 1 aromatic heterocycles. The maximum absolute atomic E-state index is 13.0. The quantitative estimate of drug-likeness (QED) is 0.387. The summed E-state index contributed by atoms with van der Waals surface area (Å²) in [6, 6.07) is 20.8. The van der Waals surface area contributed by atoms with E-state index in [0.29, 0.717) is 37.6 Å². The van der Waals surface area contributed by atoms with Gasteiger partial charge < -0.3 is 18.8 Å². The summed E-state index contributed by atoms with van der Waals surface area (Å²) in [5.41, 5.74) is 1.31. The first-order chi connectivity index (χ1) is 16.5. The van der Waals surface area contributed by atoms with Crippen molar-refractivity contribution in [1.82, 2.24) is 4.57 Å². The molecule has 34 heavy (non-hydrogen) atoms. The van der Waals surface area contributed by atoms with E-state index in [1.807, 2.05) is 30.3 Å². The van der Waals surface area contributed by atoms with E-state index in [1.54, 1.807) is 47.0 Å². The first-order valence-electron chi connectivity index (χ1n) is 10.2. The Balaban J connectivity index is 1.73. The number of hydrogen-bond acceptors (Lipinski definition) is 7. The summed E-state index contributed by atoms with van der Waals surface area (Å²) in [7, 11) is 2.58. The Kier molecular flexibility index (Phi) is 6.84. The van der Waals surface area contributed by atoms with Gasteiger partial charge in [0.1, 0.15) is 18.0 Å². The summed E-state index contributed by atoms with van der Waals surface area (Å²) >= 11 is 1.18. The number of nitrogens with zero attached hydrogens (tertiary/aromatic N) is 2. The molecule has 0 fully saturated rings. The Morgan fingerprint density at radius 2 is 1.62 bits per heavy atom. The van der Waals surface area contributed by atoms with Gasteiger partial charge in [0.25, 0.3) is 5.91 Å². The number of carbonyl (C=O) groups excluding carboxylic acids is 3. The van der Waals surface area contributed by atoms with E-state index in [-0.39, 0.29) is 6.54 Å². The second-order valence-corrected chi connectivity index (χ2v) is 8.09. The Hall–Kier alpha value is -4.24. The number of esters is 2. The maximum Gasteiger partial charge on any atom is 0.337 e. The zero-order valence-electron chi connectivity index (χ0n) is 18.4. The summed E-state index contributed by atoms with van der Waals surface area (Å²) < 4.78 is 17.6. The molecule has 172 valence electrons. The number of ether oxygens (including phenoxy) is 3. The molecule has 3 aromatic carbocycles. The van der Waals surface area contributed by atoms with Crippen LogP contribution in [-0.2, 0) is 20.8 Å². The zero-order chi connectivity index (χ0) is 24.1. The van der Waals surface area contributed by atoms with Crippen molar-refractivity contribution in [3.05, 3.63) is 88.7 Å². The normalized spacial score (nSPS) is 11.3. The van der Waals surface area contributed by atoms with Crippen LogP contribution in [0.15, 0.2) is 77.8 Å². The molecule has 4 aromatic rings. The van der Waals surface area contributed by atoms with Gasteiger partial charge in [-0.3, -0.25) is 9.59 Å². The van der Waals surface area contributed by atoms with Crippen molar-refractivity contribution in [2.24, 2.45) is 4.99 Å². The maximum atomic E-state index is 13.0. The standard InChI is InChI=1S/C25H20N2O6S/c1-31-22(28)15-27-20-12-11-17(24(30)32-2)14-21(20)34-25(27)26-23(29)16-7-6-10-19(13-16)33-18-8-4-3-5-9-18/h3-14H,15H2,1-2H3. The highest BCUT2D eigenvalue weighted by molar-refractivity contribution is 7.16. The molecule has 8 nitrogen and oxygen atoms in total. The van der Waals surface area contributed by atoms with E-state index >= 15 is 0 Å². The Bertz CT molecular complexity index is 1440. The van der Waals surface area contributed by atoms with Crippen LogP contribution in [0.1, 0.15) is 20.7 Å². The van der Waals surface area contributed by atoms with Gasteiger partial charge in [-0.15, -0.1) is 0 Å². The molecule has 0 saturated carbocycles. The lowest BCUT2D eigenvalue weighted by molar-refractivity contribution is -0.141. The molecule has 0 N–H and O–H groups in total. The number of amides is 1. The van der Waals surface area contributed by atoms with E-state index < -0.39 is 17.8 Å². The molecule has 0 radical (unpaired) electrons. The lowest BCUT2D eigenvalue weighted by Crippen LogP contribution is -2.22. The average Bonchev–Trinajstić information content (AvgIpc) is 3.19. The number of aromatic nitrogens is 1. The molecule has 0 aliphatic carbocycles.